The largest absolute Gasteiger partial charge is 0.159 e. The average Bonchev–Trinajstić information content (AvgIpc) is 2.26. The molecule has 3 rings (SSSR count). The Labute approximate surface area is 81.2 Å². The molecule has 14 heavy (non-hydrogen) atoms. The molecule has 0 spiro atoms. The first-order chi connectivity index (χ1) is 6.93. The van der Waals surface area contributed by atoms with Gasteiger partial charge >= 0.3 is 0 Å². The molecule has 2 nitrogen and oxygen atoms in total. The van der Waals surface area contributed by atoms with Gasteiger partial charge in [-0.25, -0.2) is 0 Å². The number of hydrogen-bond donors (Lipinski definition) is 0. The summed E-state index contributed by atoms with van der Waals surface area (Å²) in [5, 5.41) is 11.4. The number of benzene rings is 2. The third-order valence-electron chi connectivity index (χ3n) is 2.32. The summed E-state index contributed by atoms with van der Waals surface area (Å²) in [4.78, 5) is 0. The van der Waals surface area contributed by atoms with E-state index in [4.69, 9.17) is 0 Å². The smallest absolute Gasteiger partial charge is 0.0936 e. The number of hydrogen-bond acceptors (Lipinski definition) is 2. The predicted octanol–water partition coefficient (Wildman–Crippen LogP) is 2.58. The molecule has 0 aliphatic carbocycles. The maximum atomic E-state index is 4.07. The zero-order chi connectivity index (χ0) is 9.38. The number of aromatic nitrogens is 2. The van der Waals surface area contributed by atoms with Gasteiger partial charge in [0.1, 0.15) is 0 Å². The molecular formula is C12H7N2. The van der Waals surface area contributed by atoms with Gasteiger partial charge in [-0.3, -0.25) is 0 Å². The van der Waals surface area contributed by atoms with E-state index in [9.17, 15) is 0 Å². The van der Waals surface area contributed by atoms with Crippen molar-refractivity contribution in [2.75, 3.05) is 0 Å². The molecule has 3 aromatic rings. The molecule has 0 aliphatic heterocycles. The Morgan fingerprint density at radius 2 is 2.00 bits per heavy atom. The molecule has 2 aromatic carbocycles. The van der Waals surface area contributed by atoms with Crippen molar-refractivity contribution in [3.63, 3.8) is 0 Å². The second kappa shape index (κ2) is 2.77. The van der Waals surface area contributed by atoms with Crippen LogP contribution in [0.25, 0.3) is 21.7 Å². The number of rotatable bonds is 0. The van der Waals surface area contributed by atoms with Gasteiger partial charge in [0.25, 0.3) is 0 Å². The highest BCUT2D eigenvalue weighted by atomic mass is 15.1. The molecule has 1 radical (unpaired) electrons. The number of nitrogens with zero attached hydrogens (tertiary/aromatic N) is 2. The van der Waals surface area contributed by atoms with E-state index in [1.165, 1.54) is 5.39 Å². The third kappa shape index (κ3) is 1.04. The van der Waals surface area contributed by atoms with Crippen molar-refractivity contribution < 1.29 is 0 Å². The molecule has 0 fully saturated rings. The zero-order valence-corrected chi connectivity index (χ0v) is 7.44. The maximum Gasteiger partial charge on any atom is 0.0936 e. The molecule has 0 N–H and O–H groups in total. The molecule has 0 atom stereocenters. The lowest BCUT2D eigenvalue weighted by Crippen LogP contribution is -1.82. The lowest BCUT2D eigenvalue weighted by Gasteiger charge is -1.99. The van der Waals surface area contributed by atoms with Crippen LogP contribution in [-0.2, 0) is 0 Å². The summed E-state index contributed by atoms with van der Waals surface area (Å²) in [6.07, 6.45) is 1.71. The molecule has 65 valence electrons. The molecular weight excluding hydrogens is 172 g/mol. The van der Waals surface area contributed by atoms with E-state index >= 15 is 0 Å². The van der Waals surface area contributed by atoms with Crippen LogP contribution in [0.5, 0.6) is 0 Å². The van der Waals surface area contributed by atoms with Crippen LogP contribution in [0.2, 0.25) is 0 Å². The molecule has 0 amide bonds. The van der Waals surface area contributed by atoms with Gasteiger partial charge < -0.3 is 0 Å². The molecule has 0 aliphatic rings. The fraction of sp³-hybridized carbons (Fsp3) is 0. The standard InChI is InChI=1S/C12H7N2/c1-2-4-10-8-12-11(5-6-13-14-12)7-9(10)3-1/h1,3-8H. The second-order valence-corrected chi connectivity index (χ2v) is 3.22. The van der Waals surface area contributed by atoms with Gasteiger partial charge in [0.2, 0.25) is 0 Å². The van der Waals surface area contributed by atoms with Crippen LogP contribution in [0.1, 0.15) is 0 Å². The predicted molar refractivity (Wildman–Crippen MR) is 55.9 cm³/mol. The van der Waals surface area contributed by atoms with Gasteiger partial charge in [-0.2, -0.15) is 10.2 Å². The minimum atomic E-state index is 0.930. The highest BCUT2D eigenvalue weighted by Crippen LogP contribution is 2.19. The first-order valence-electron chi connectivity index (χ1n) is 4.45. The van der Waals surface area contributed by atoms with Crippen molar-refractivity contribution in [3.8, 4) is 0 Å². The molecule has 1 heterocycles. The first-order valence-corrected chi connectivity index (χ1v) is 4.45. The fourth-order valence-corrected chi connectivity index (χ4v) is 1.61. The van der Waals surface area contributed by atoms with E-state index in [1.54, 1.807) is 6.20 Å². The van der Waals surface area contributed by atoms with E-state index in [-0.39, 0.29) is 0 Å². The Morgan fingerprint density at radius 1 is 1.00 bits per heavy atom. The van der Waals surface area contributed by atoms with Gasteiger partial charge in [-0.15, -0.1) is 0 Å². The highest BCUT2D eigenvalue weighted by molar-refractivity contribution is 5.95. The Bertz CT molecular complexity index is 497. The zero-order valence-electron chi connectivity index (χ0n) is 7.44. The van der Waals surface area contributed by atoms with Crippen molar-refractivity contribution in [2.45, 2.75) is 0 Å². The van der Waals surface area contributed by atoms with Crippen LogP contribution in [0.4, 0.5) is 0 Å². The topological polar surface area (TPSA) is 25.8 Å². The molecule has 1 aromatic heterocycles. The van der Waals surface area contributed by atoms with E-state index < -0.39 is 0 Å². The Balaban J connectivity index is 2.52. The van der Waals surface area contributed by atoms with Crippen LogP contribution in [0.15, 0.2) is 42.6 Å². The van der Waals surface area contributed by atoms with E-state index in [0.717, 1.165) is 16.3 Å². The molecule has 0 unspecified atom stereocenters. The maximum absolute atomic E-state index is 4.07. The SMILES string of the molecule is [c]1ccc2cc3ccnnc3cc2c1. The van der Waals surface area contributed by atoms with Crippen LogP contribution in [0.3, 0.4) is 0 Å². The van der Waals surface area contributed by atoms with Crippen molar-refractivity contribution in [2.24, 2.45) is 0 Å². The highest BCUT2D eigenvalue weighted by Gasteiger charge is 1.97. The minimum absolute atomic E-state index is 0.930. The van der Waals surface area contributed by atoms with Crippen LogP contribution in [-0.4, -0.2) is 10.2 Å². The Morgan fingerprint density at radius 3 is 3.00 bits per heavy atom. The Kier molecular flexibility index (Phi) is 1.47. The van der Waals surface area contributed by atoms with Gasteiger partial charge in [0.05, 0.1) is 11.7 Å². The summed E-state index contributed by atoms with van der Waals surface area (Å²) in [6, 6.07) is 15.1. The molecule has 0 saturated heterocycles. The van der Waals surface area contributed by atoms with Crippen molar-refractivity contribution in [3.05, 3.63) is 48.7 Å². The quantitative estimate of drug-likeness (QED) is 0.496. The minimum Gasteiger partial charge on any atom is -0.159 e. The van der Waals surface area contributed by atoms with E-state index in [1.807, 2.05) is 24.3 Å². The van der Waals surface area contributed by atoms with Crippen molar-refractivity contribution >= 4 is 21.7 Å². The van der Waals surface area contributed by atoms with Gasteiger partial charge in [-0.1, -0.05) is 12.1 Å². The molecule has 0 saturated carbocycles. The van der Waals surface area contributed by atoms with Crippen LogP contribution >= 0.6 is 0 Å². The van der Waals surface area contributed by atoms with Gasteiger partial charge in [-0.05, 0) is 41.1 Å². The average molecular weight is 179 g/mol. The summed E-state index contributed by atoms with van der Waals surface area (Å²) < 4.78 is 0. The normalized spacial score (nSPS) is 10.9. The van der Waals surface area contributed by atoms with Crippen LogP contribution < -0.4 is 0 Å². The monoisotopic (exact) mass is 179 g/mol. The molecule has 2 heteroatoms. The summed E-state index contributed by atoms with van der Waals surface area (Å²) in [5.74, 6) is 0. The van der Waals surface area contributed by atoms with E-state index in [2.05, 4.69) is 28.4 Å². The fourth-order valence-electron chi connectivity index (χ4n) is 1.61. The lowest BCUT2D eigenvalue weighted by atomic mass is 10.1. The summed E-state index contributed by atoms with van der Waals surface area (Å²) in [5.41, 5.74) is 0.930. The molecule has 0 bridgehead atoms. The van der Waals surface area contributed by atoms with E-state index in [0.29, 0.717) is 0 Å². The third-order valence-corrected chi connectivity index (χ3v) is 2.32. The Hall–Kier alpha value is -1.96. The number of fused-ring (bicyclic) bond motifs is 2. The first kappa shape index (κ1) is 7.44. The van der Waals surface area contributed by atoms with Gasteiger partial charge in [0.15, 0.2) is 0 Å². The second-order valence-electron chi connectivity index (χ2n) is 3.22. The lowest BCUT2D eigenvalue weighted by molar-refractivity contribution is 1.08. The summed E-state index contributed by atoms with van der Waals surface area (Å²) >= 11 is 0. The van der Waals surface area contributed by atoms with Gasteiger partial charge in [0, 0.05) is 5.39 Å². The van der Waals surface area contributed by atoms with Crippen molar-refractivity contribution in [1.29, 1.82) is 0 Å². The van der Waals surface area contributed by atoms with Crippen molar-refractivity contribution in [1.82, 2.24) is 10.2 Å². The van der Waals surface area contributed by atoms with Crippen LogP contribution in [0, 0.1) is 6.07 Å². The summed E-state index contributed by atoms with van der Waals surface area (Å²) in [7, 11) is 0. The summed E-state index contributed by atoms with van der Waals surface area (Å²) in [6.45, 7) is 0.